The normalized spacial score (nSPS) is 16.4. The number of carbonyl (C=O) groups is 2. The quantitative estimate of drug-likeness (QED) is 0.769. The molecule has 2 N–H and O–H groups in total. The summed E-state index contributed by atoms with van der Waals surface area (Å²) in [6.45, 7) is 2.11. The first-order valence-corrected chi connectivity index (χ1v) is 9.19. The van der Waals surface area contributed by atoms with Crippen LogP contribution in [0.25, 0.3) is 0 Å². The average Bonchev–Trinajstić information content (AvgIpc) is 3.18. The van der Waals surface area contributed by atoms with Crippen LogP contribution in [0.3, 0.4) is 0 Å². The van der Waals surface area contributed by atoms with Gasteiger partial charge in [0, 0.05) is 23.8 Å². The summed E-state index contributed by atoms with van der Waals surface area (Å²) in [5, 5.41) is 8.11. The molecule has 0 radical (unpaired) electrons. The predicted octanol–water partition coefficient (Wildman–Crippen LogP) is 3.54. The van der Waals surface area contributed by atoms with Crippen LogP contribution in [0.5, 0.6) is 0 Å². The monoisotopic (exact) mass is 322 g/mol. The Hall–Kier alpha value is -1.36. The summed E-state index contributed by atoms with van der Waals surface area (Å²) in [4.78, 5) is 25.1. The van der Waals surface area contributed by atoms with E-state index in [0.717, 1.165) is 25.7 Å². The van der Waals surface area contributed by atoms with Crippen molar-refractivity contribution in [3.05, 3.63) is 22.4 Å². The molecule has 0 saturated heterocycles. The molecular formula is C17H26N2O2S. The van der Waals surface area contributed by atoms with Crippen molar-refractivity contribution >= 4 is 23.2 Å². The van der Waals surface area contributed by atoms with Gasteiger partial charge in [0.05, 0.1) is 6.04 Å². The number of rotatable bonds is 8. The summed E-state index contributed by atoms with van der Waals surface area (Å²) >= 11 is 1.66. The lowest BCUT2D eigenvalue weighted by molar-refractivity contribution is -0.127. The minimum absolute atomic E-state index is 0.00483. The van der Waals surface area contributed by atoms with Crippen molar-refractivity contribution in [3.63, 3.8) is 0 Å². The van der Waals surface area contributed by atoms with Crippen LogP contribution in [0.2, 0.25) is 0 Å². The maximum atomic E-state index is 12.1. The van der Waals surface area contributed by atoms with Gasteiger partial charge in [0.1, 0.15) is 0 Å². The van der Waals surface area contributed by atoms with Crippen LogP contribution < -0.4 is 10.6 Å². The van der Waals surface area contributed by atoms with Crippen LogP contribution in [-0.2, 0) is 9.59 Å². The van der Waals surface area contributed by atoms with Gasteiger partial charge in [0.15, 0.2) is 0 Å². The van der Waals surface area contributed by atoms with Crippen molar-refractivity contribution in [2.24, 2.45) is 0 Å². The Morgan fingerprint density at radius 3 is 2.64 bits per heavy atom. The molecule has 2 amide bonds. The number of hydrogen-bond donors (Lipinski definition) is 2. The summed E-state index contributed by atoms with van der Waals surface area (Å²) in [6, 6.07) is 4.46. The molecule has 0 spiro atoms. The largest absolute Gasteiger partial charge is 0.353 e. The number of nitrogens with one attached hydrogen (secondary N) is 2. The Morgan fingerprint density at radius 2 is 2.00 bits per heavy atom. The Bertz CT molecular complexity index is 467. The summed E-state index contributed by atoms with van der Waals surface area (Å²) < 4.78 is 0. The predicted molar refractivity (Wildman–Crippen MR) is 89.7 cm³/mol. The molecule has 22 heavy (non-hydrogen) atoms. The first kappa shape index (κ1) is 17.0. The number of hydrogen-bond acceptors (Lipinski definition) is 3. The van der Waals surface area contributed by atoms with Gasteiger partial charge in [0.2, 0.25) is 11.8 Å². The lowest BCUT2D eigenvalue weighted by atomic mass is 10.1. The molecule has 1 atom stereocenters. The molecule has 2 rings (SSSR count). The Balaban J connectivity index is 1.72. The van der Waals surface area contributed by atoms with E-state index >= 15 is 0 Å². The lowest BCUT2D eigenvalue weighted by Crippen LogP contribution is -2.34. The zero-order valence-corrected chi connectivity index (χ0v) is 14.1. The third-order valence-corrected chi connectivity index (χ3v) is 5.08. The van der Waals surface area contributed by atoms with Crippen molar-refractivity contribution in [1.29, 1.82) is 0 Å². The second-order valence-corrected chi connectivity index (χ2v) is 6.95. The maximum Gasteiger partial charge on any atom is 0.221 e. The van der Waals surface area contributed by atoms with Gasteiger partial charge in [-0.25, -0.2) is 0 Å². The molecule has 1 aliphatic carbocycles. The molecule has 0 bridgehead atoms. The summed E-state index contributed by atoms with van der Waals surface area (Å²) in [5.41, 5.74) is 0. The van der Waals surface area contributed by atoms with E-state index in [-0.39, 0.29) is 30.7 Å². The smallest absolute Gasteiger partial charge is 0.221 e. The van der Waals surface area contributed by atoms with Gasteiger partial charge in [-0.15, -0.1) is 11.3 Å². The molecule has 122 valence electrons. The van der Waals surface area contributed by atoms with Crippen LogP contribution in [0.1, 0.15) is 69.2 Å². The van der Waals surface area contributed by atoms with Crippen molar-refractivity contribution in [2.45, 2.75) is 70.4 Å². The molecule has 1 heterocycles. The van der Waals surface area contributed by atoms with E-state index in [4.69, 9.17) is 0 Å². The van der Waals surface area contributed by atoms with E-state index in [1.165, 1.54) is 17.7 Å². The lowest BCUT2D eigenvalue weighted by Gasteiger charge is -2.17. The fourth-order valence-corrected chi connectivity index (χ4v) is 3.74. The number of amides is 2. The second-order valence-electron chi connectivity index (χ2n) is 5.97. The summed E-state index contributed by atoms with van der Waals surface area (Å²) in [7, 11) is 0. The Kier molecular flexibility index (Phi) is 6.90. The third kappa shape index (κ3) is 5.44. The van der Waals surface area contributed by atoms with E-state index in [1.54, 1.807) is 11.3 Å². The first-order chi connectivity index (χ1) is 10.7. The van der Waals surface area contributed by atoms with Crippen molar-refractivity contribution < 1.29 is 9.59 Å². The standard InChI is InChI=1S/C17H26N2O2S/c1-2-6-14(15-9-5-12-22-15)19-17(21)11-10-16(20)18-13-7-3-4-8-13/h5,9,12-14H,2-4,6-8,10-11H2,1H3,(H,18,20)(H,19,21)/t14-/m0/s1. The van der Waals surface area contributed by atoms with Gasteiger partial charge in [-0.05, 0) is 30.7 Å². The molecule has 4 nitrogen and oxygen atoms in total. The fourth-order valence-electron chi connectivity index (χ4n) is 2.93. The Labute approximate surface area is 136 Å². The zero-order chi connectivity index (χ0) is 15.8. The fraction of sp³-hybridized carbons (Fsp3) is 0.647. The minimum atomic E-state index is -0.0339. The molecule has 1 aliphatic rings. The van der Waals surface area contributed by atoms with E-state index in [0.29, 0.717) is 6.04 Å². The van der Waals surface area contributed by atoms with Gasteiger partial charge >= 0.3 is 0 Å². The summed E-state index contributed by atoms with van der Waals surface area (Å²) in [6.07, 6.45) is 7.06. The third-order valence-electron chi connectivity index (χ3n) is 4.10. The molecule has 1 saturated carbocycles. The SMILES string of the molecule is CCC[C@H](NC(=O)CCC(=O)NC1CCCC1)c1cccs1. The van der Waals surface area contributed by atoms with Crippen LogP contribution in [0, 0.1) is 0 Å². The van der Waals surface area contributed by atoms with Crippen LogP contribution in [-0.4, -0.2) is 17.9 Å². The van der Waals surface area contributed by atoms with Crippen molar-refractivity contribution in [2.75, 3.05) is 0 Å². The molecule has 0 aliphatic heterocycles. The van der Waals surface area contributed by atoms with Crippen LogP contribution >= 0.6 is 11.3 Å². The first-order valence-electron chi connectivity index (χ1n) is 8.31. The van der Waals surface area contributed by atoms with E-state index in [9.17, 15) is 9.59 Å². The molecule has 5 heteroatoms. The molecule has 0 unspecified atom stereocenters. The van der Waals surface area contributed by atoms with Gasteiger partial charge in [-0.1, -0.05) is 32.3 Å². The average molecular weight is 322 g/mol. The highest BCUT2D eigenvalue weighted by Crippen LogP contribution is 2.23. The molecule has 1 aromatic rings. The highest BCUT2D eigenvalue weighted by atomic mass is 32.1. The van der Waals surface area contributed by atoms with Crippen molar-refractivity contribution in [3.8, 4) is 0 Å². The molecule has 0 aromatic carbocycles. The summed E-state index contributed by atoms with van der Waals surface area (Å²) in [5.74, 6) is -0.0290. The van der Waals surface area contributed by atoms with E-state index in [2.05, 4.69) is 23.6 Å². The maximum absolute atomic E-state index is 12.1. The highest BCUT2D eigenvalue weighted by molar-refractivity contribution is 7.10. The van der Waals surface area contributed by atoms with Gasteiger partial charge in [-0.2, -0.15) is 0 Å². The van der Waals surface area contributed by atoms with E-state index in [1.807, 2.05) is 11.4 Å². The highest BCUT2D eigenvalue weighted by Gasteiger charge is 2.19. The second kappa shape index (κ2) is 8.93. The van der Waals surface area contributed by atoms with E-state index < -0.39 is 0 Å². The van der Waals surface area contributed by atoms with Crippen molar-refractivity contribution in [1.82, 2.24) is 10.6 Å². The molecular weight excluding hydrogens is 296 g/mol. The van der Waals surface area contributed by atoms with Crippen LogP contribution in [0.15, 0.2) is 17.5 Å². The Morgan fingerprint density at radius 1 is 1.27 bits per heavy atom. The molecule has 1 aromatic heterocycles. The zero-order valence-electron chi connectivity index (χ0n) is 13.3. The van der Waals surface area contributed by atoms with Gasteiger partial charge < -0.3 is 10.6 Å². The number of thiophene rings is 1. The van der Waals surface area contributed by atoms with Gasteiger partial charge in [0.25, 0.3) is 0 Å². The topological polar surface area (TPSA) is 58.2 Å². The van der Waals surface area contributed by atoms with Crippen LogP contribution in [0.4, 0.5) is 0 Å². The minimum Gasteiger partial charge on any atom is -0.353 e. The number of carbonyl (C=O) groups excluding carboxylic acids is 2. The molecule has 1 fully saturated rings. The van der Waals surface area contributed by atoms with Gasteiger partial charge in [-0.3, -0.25) is 9.59 Å².